The molecular formula is C19H26N4O3. The highest BCUT2D eigenvalue weighted by Crippen LogP contribution is 2.12. The van der Waals surface area contributed by atoms with Gasteiger partial charge in [-0.1, -0.05) is 18.2 Å². The van der Waals surface area contributed by atoms with Gasteiger partial charge in [-0.25, -0.2) is 0 Å². The number of carbonyl (C=O) groups excluding carboxylic acids is 1. The maximum atomic E-state index is 12.5. The summed E-state index contributed by atoms with van der Waals surface area (Å²) in [5.41, 5.74) is 0.769. The van der Waals surface area contributed by atoms with Gasteiger partial charge in [-0.3, -0.25) is 14.8 Å². The Labute approximate surface area is 153 Å². The van der Waals surface area contributed by atoms with E-state index in [0.717, 1.165) is 44.3 Å². The van der Waals surface area contributed by atoms with Crippen LogP contribution in [-0.4, -0.2) is 59.4 Å². The lowest BCUT2D eigenvalue weighted by atomic mass is 10.0. The molecule has 1 fully saturated rings. The van der Waals surface area contributed by atoms with Gasteiger partial charge >= 0.3 is 0 Å². The van der Waals surface area contributed by atoms with Crippen LogP contribution < -0.4 is 10.1 Å². The van der Waals surface area contributed by atoms with E-state index in [2.05, 4.69) is 20.4 Å². The molecule has 2 aromatic rings. The van der Waals surface area contributed by atoms with Gasteiger partial charge < -0.3 is 14.8 Å². The third-order valence-electron chi connectivity index (χ3n) is 4.18. The number of H-pyrrole nitrogens is 1. The summed E-state index contributed by atoms with van der Waals surface area (Å²) in [5, 5.41) is 10.0. The SMILES string of the molecule is CC(C)(CN1CCOCC1)NC(=O)c1cc(COc2ccccc2)[nH]n1. The normalized spacial score (nSPS) is 15.6. The second kappa shape index (κ2) is 8.33. The standard InChI is InChI=1S/C19H26N4O3/c1-19(2,14-23-8-10-25-11-9-23)20-18(24)17-12-15(21-22-17)13-26-16-6-4-3-5-7-16/h3-7,12H,8-11,13-14H2,1-2H3,(H,20,24)(H,21,22). The van der Waals surface area contributed by atoms with E-state index in [4.69, 9.17) is 9.47 Å². The predicted octanol–water partition coefficient (Wildman–Crippen LogP) is 1.83. The van der Waals surface area contributed by atoms with E-state index in [1.807, 2.05) is 44.2 Å². The molecule has 2 heterocycles. The van der Waals surface area contributed by atoms with Crippen molar-refractivity contribution in [1.29, 1.82) is 0 Å². The number of hydrogen-bond donors (Lipinski definition) is 2. The average Bonchev–Trinajstić information content (AvgIpc) is 3.10. The van der Waals surface area contributed by atoms with E-state index in [-0.39, 0.29) is 11.4 Å². The van der Waals surface area contributed by atoms with Crippen LogP contribution in [-0.2, 0) is 11.3 Å². The van der Waals surface area contributed by atoms with Crippen LogP contribution in [0, 0.1) is 0 Å². The van der Waals surface area contributed by atoms with E-state index in [0.29, 0.717) is 12.3 Å². The van der Waals surface area contributed by atoms with Crippen LogP contribution in [0.15, 0.2) is 36.4 Å². The zero-order chi connectivity index (χ0) is 18.4. The van der Waals surface area contributed by atoms with Crippen LogP contribution in [0.3, 0.4) is 0 Å². The number of rotatable bonds is 7. The minimum atomic E-state index is -0.353. The molecule has 140 valence electrons. The van der Waals surface area contributed by atoms with Crippen molar-refractivity contribution < 1.29 is 14.3 Å². The first-order chi connectivity index (χ1) is 12.5. The molecule has 0 spiro atoms. The number of para-hydroxylation sites is 1. The van der Waals surface area contributed by atoms with Crippen molar-refractivity contribution in [1.82, 2.24) is 20.4 Å². The zero-order valence-corrected chi connectivity index (χ0v) is 15.3. The van der Waals surface area contributed by atoms with Crippen LogP contribution in [0.5, 0.6) is 5.75 Å². The predicted molar refractivity (Wildman–Crippen MR) is 98.2 cm³/mol. The summed E-state index contributed by atoms with van der Waals surface area (Å²) < 4.78 is 11.0. The van der Waals surface area contributed by atoms with Crippen molar-refractivity contribution in [3.63, 3.8) is 0 Å². The molecule has 0 bridgehead atoms. The van der Waals surface area contributed by atoms with Crippen LogP contribution in [0.2, 0.25) is 0 Å². The highest BCUT2D eigenvalue weighted by atomic mass is 16.5. The van der Waals surface area contributed by atoms with Crippen molar-refractivity contribution >= 4 is 5.91 Å². The Morgan fingerprint density at radius 1 is 1.31 bits per heavy atom. The minimum Gasteiger partial charge on any atom is -0.487 e. The summed E-state index contributed by atoms with van der Waals surface area (Å²) in [6.45, 7) is 8.42. The van der Waals surface area contributed by atoms with Gasteiger partial charge in [0, 0.05) is 25.2 Å². The van der Waals surface area contributed by atoms with Gasteiger partial charge in [0.15, 0.2) is 0 Å². The van der Waals surface area contributed by atoms with E-state index >= 15 is 0 Å². The summed E-state index contributed by atoms with van der Waals surface area (Å²) in [7, 11) is 0. The second-order valence-electron chi connectivity index (χ2n) is 7.11. The van der Waals surface area contributed by atoms with Gasteiger partial charge in [0.25, 0.3) is 5.91 Å². The quantitative estimate of drug-likeness (QED) is 0.789. The highest BCUT2D eigenvalue weighted by molar-refractivity contribution is 5.92. The van der Waals surface area contributed by atoms with Crippen LogP contribution in [0.25, 0.3) is 0 Å². The van der Waals surface area contributed by atoms with Crippen molar-refractivity contribution in [2.24, 2.45) is 0 Å². The lowest BCUT2D eigenvalue weighted by molar-refractivity contribution is 0.0268. The van der Waals surface area contributed by atoms with Crippen LogP contribution in [0.1, 0.15) is 30.0 Å². The fourth-order valence-corrected chi connectivity index (χ4v) is 2.96. The Bertz CT molecular complexity index is 709. The van der Waals surface area contributed by atoms with Gasteiger partial charge in [-0.2, -0.15) is 5.10 Å². The van der Waals surface area contributed by atoms with Gasteiger partial charge in [0.2, 0.25) is 0 Å². The molecular weight excluding hydrogens is 332 g/mol. The number of nitrogens with one attached hydrogen (secondary N) is 2. The fourth-order valence-electron chi connectivity index (χ4n) is 2.96. The first-order valence-corrected chi connectivity index (χ1v) is 8.87. The van der Waals surface area contributed by atoms with Crippen molar-refractivity contribution in [2.45, 2.75) is 26.0 Å². The number of nitrogens with zero attached hydrogens (tertiary/aromatic N) is 2. The number of morpholine rings is 1. The molecule has 1 aromatic heterocycles. The van der Waals surface area contributed by atoms with Crippen LogP contribution >= 0.6 is 0 Å². The summed E-state index contributed by atoms with van der Waals surface area (Å²) in [6, 6.07) is 11.3. The Balaban J connectivity index is 1.52. The number of amides is 1. The molecule has 1 amide bonds. The lowest BCUT2D eigenvalue weighted by Gasteiger charge is -2.35. The molecule has 0 saturated carbocycles. The number of benzene rings is 1. The third-order valence-corrected chi connectivity index (χ3v) is 4.18. The van der Waals surface area contributed by atoms with Crippen molar-refractivity contribution in [3.8, 4) is 5.75 Å². The van der Waals surface area contributed by atoms with Gasteiger partial charge in [0.1, 0.15) is 18.1 Å². The van der Waals surface area contributed by atoms with E-state index in [1.54, 1.807) is 6.07 Å². The molecule has 0 aliphatic carbocycles. The highest BCUT2D eigenvalue weighted by Gasteiger charge is 2.26. The average molecular weight is 358 g/mol. The fraction of sp³-hybridized carbons (Fsp3) is 0.474. The van der Waals surface area contributed by atoms with Gasteiger partial charge in [0.05, 0.1) is 18.9 Å². The summed E-state index contributed by atoms with van der Waals surface area (Å²) >= 11 is 0. The lowest BCUT2D eigenvalue weighted by Crippen LogP contribution is -2.53. The van der Waals surface area contributed by atoms with Gasteiger partial charge in [-0.15, -0.1) is 0 Å². The number of carbonyl (C=O) groups is 1. The minimum absolute atomic E-state index is 0.189. The summed E-state index contributed by atoms with van der Waals surface area (Å²) in [5.74, 6) is 0.588. The summed E-state index contributed by atoms with van der Waals surface area (Å²) in [4.78, 5) is 14.8. The number of hydrogen-bond acceptors (Lipinski definition) is 5. The van der Waals surface area contributed by atoms with E-state index in [1.165, 1.54) is 0 Å². The number of aromatic nitrogens is 2. The largest absolute Gasteiger partial charge is 0.487 e. The smallest absolute Gasteiger partial charge is 0.272 e. The van der Waals surface area contributed by atoms with Crippen molar-refractivity contribution in [3.05, 3.63) is 47.8 Å². The number of ether oxygens (including phenoxy) is 2. The molecule has 3 rings (SSSR count). The first kappa shape index (κ1) is 18.4. The van der Waals surface area contributed by atoms with E-state index in [9.17, 15) is 4.79 Å². The molecule has 1 aromatic carbocycles. The molecule has 2 N–H and O–H groups in total. The third kappa shape index (κ3) is 5.31. The molecule has 0 unspecified atom stereocenters. The molecule has 0 radical (unpaired) electrons. The molecule has 7 heteroatoms. The second-order valence-corrected chi connectivity index (χ2v) is 7.11. The monoisotopic (exact) mass is 358 g/mol. The Hall–Kier alpha value is -2.38. The van der Waals surface area contributed by atoms with Crippen LogP contribution in [0.4, 0.5) is 0 Å². The summed E-state index contributed by atoms with van der Waals surface area (Å²) in [6.07, 6.45) is 0. The molecule has 1 aliphatic rings. The van der Waals surface area contributed by atoms with Gasteiger partial charge in [-0.05, 0) is 32.0 Å². The Kier molecular flexibility index (Phi) is 5.90. The Morgan fingerprint density at radius 3 is 2.77 bits per heavy atom. The maximum Gasteiger partial charge on any atom is 0.272 e. The molecule has 1 aliphatic heterocycles. The molecule has 0 atom stereocenters. The van der Waals surface area contributed by atoms with E-state index < -0.39 is 0 Å². The molecule has 26 heavy (non-hydrogen) atoms. The number of aromatic amines is 1. The first-order valence-electron chi connectivity index (χ1n) is 8.87. The Morgan fingerprint density at radius 2 is 2.04 bits per heavy atom. The molecule has 7 nitrogen and oxygen atoms in total. The van der Waals surface area contributed by atoms with Crippen molar-refractivity contribution in [2.75, 3.05) is 32.8 Å². The molecule has 1 saturated heterocycles. The zero-order valence-electron chi connectivity index (χ0n) is 15.3. The maximum absolute atomic E-state index is 12.5. The topological polar surface area (TPSA) is 79.5 Å².